The highest BCUT2D eigenvalue weighted by atomic mass is 32.2. The van der Waals surface area contributed by atoms with Crippen LogP contribution in [0.5, 0.6) is 0 Å². The monoisotopic (exact) mass is 246 g/mol. The molecule has 0 aliphatic carbocycles. The van der Waals surface area contributed by atoms with Gasteiger partial charge < -0.3 is 0 Å². The second-order valence-corrected chi connectivity index (χ2v) is 4.60. The van der Waals surface area contributed by atoms with Crippen LogP contribution in [0.1, 0.15) is 10.4 Å². The molecule has 0 amide bonds. The molecule has 3 heteroatoms. The maximum absolute atomic E-state index is 13.8. The van der Waals surface area contributed by atoms with Crippen molar-refractivity contribution in [1.82, 2.24) is 0 Å². The summed E-state index contributed by atoms with van der Waals surface area (Å²) >= 11 is 0.930. The third kappa shape index (κ3) is 3.17. The second kappa shape index (κ2) is 5.64. The first-order valence-electron chi connectivity index (χ1n) is 5.22. The van der Waals surface area contributed by atoms with Gasteiger partial charge >= 0.3 is 0 Å². The quantitative estimate of drug-likeness (QED) is 0.600. The van der Waals surface area contributed by atoms with E-state index < -0.39 is 11.3 Å². The van der Waals surface area contributed by atoms with Gasteiger partial charge in [0.15, 0.2) is 0 Å². The number of benzene rings is 2. The van der Waals surface area contributed by atoms with E-state index in [2.05, 4.69) is 0 Å². The Labute approximate surface area is 104 Å². The van der Waals surface area contributed by atoms with Gasteiger partial charge in [0.1, 0.15) is 0 Å². The van der Waals surface area contributed by atoms with Crippen LogP contribution >= 0.6 is 11.8 Å². The molecule has 0 aromatic heterocycles. The molecule has 0 heterocycles. The first-order valence-corrected chi connectivity index (χ1v) is 6.10. The van der Waals surface area contributed by atoms with Crippen LogP contribution < -0.4 is 0 Å². The van der Waals surface area contributed by atoms with Crippen molar-refractivity contribution in [1.29, 1.82) is 0 Å². The van der Waals surface area contributed by atoms with Gasteiger partial charge in [-0.15, -0.1) is 0 Å². The number of ketones is 1. The predicted molar refractivity (Wildman–Crippen MR) is 68.0 cm³/mol. The average molecular weight is 246 g/mol. The Morgan fingerprint density at radius 3 is 2.06 bits per heavy atom. The number of thioether (sulfide) groups is 1. The van der Waals surface area contributed by atoms with Crippen molar-refractivity contribution in [2.45, 2.75) is 10.4 Å². The zero-order valence-corrected chi connectivity index (χ0v) is 9.86. The summed E-state index contributed by atoms with van der Waals surface area (Å²) in [5, 5.41) is 0. The van der Waals surface area contributed by atoms with Gasteiger partial charge in [-0.05, 0) is 12.1 Å². The highest BCUT2D eigenvalue weighted by molar-refractivity contribution is 8.00. The van der Waals surface area contributed by atoms with E-state index in [9.17, 15) is 9.18 Å². The summed E-state index contributed by atoms with van der Waals surface area (Å²) in [6.45, 7) is 0. The Morgan fingerprint density at radius 1 is 0.941 bits per heavy atom. The molecule has 86 valence electrons. The van der Waals surface area contributed by atoms with Crippen LogP contribution in [-0.2, 0) is 0 Å². The largest absolute Gasteiger partial charge is 0.290 e. The molecule has 1 nitrogen and oxygen atoms in total. The van der Waals surface area contributed by atoms with Crippen molar-refractivity contribution in [2.24, 2.45) is 0 Å². The van der Waals surface area contributed by atoms with Crippen LogP contribution in [0.2, 0.25) is 0 Å². The van der Waals surface area contributed by atoms with Crippen LogP contribution in [0.25, 0.3) is 0 Å². The van der Waals surface area contributed by atoms with E-state index >= 15 is 0 Å². The topological polar surface area (TPSA) is 17.1 Å². The number of Topliss-reactive ketones (excluding diaryl/α,β-unsaturated/α-hetero) is 1. The molecule has 2 aromatic rings. The maximum atomic E-state index is 13.8. The molecule has 2 aromatic carbocycles. The summed E-state index contributed by atoms with van der Waals surface area (Å²) in [5.74, 6) is -0.487. The first-order chi connectivity index (χ1) is 8.27. The van der Waals surface area contributed by atoms with Crippen LogP contribution in [-0.4, -0.2) is 11.3 Å². The Bertz CT molecular complexity index is 484. The Hall–Kier alpha value is -1.61. The normalized spacial score (nSPS) is 12.1. The standard InChI is InChI=1S/C14H11FOS/c15-14(17-12-9-5-2-6-10-12)13(16)11-7-3-1-4-8-11/h1-10,14H. The molecule has 0 N–H and O–H groups in total. The van der Waals surface area contributed by atoms with Crippen molar-refractivity contribution in [3.8, 4) is 0 Å². The summed E-state index contributed by atoms with van der Waals surface area (Å²) in [4.78, 5) is 12.5. The van der Waals surface area contributed by atoms with Gasteiger partial charge in [-0.1, -0.05) is 60.3 Å². The van der Waals surface area contributed by atoms with Crippen molar-refractivity contribution >= 4 is 17.5 Å². The summed E-state index contributed by atoms with van der Waals surface area (Å²) in [6.07, 6.45) is 0. The SMILES string of the molecule is O=C(c1ccccc1)C(F)Sc1ccccc1. The second-order valence-electron chi connectivity index (χ2n) is 3.48. The Morgan fingerprint density at radius 2 is 1.47 bits per heavy atom. The Kier molecular flexibility index (Phi) is 3.94. The zero-order valence-electron chi connectivity index (χ0n) is 9.05. The minimum absolute atomic E-state index is 0.406. The molecule has 0 radical (unpaired) electrons. The lowest BCUT2D eigenvalue weighted by Gasteiger charge is -2.06. The fraction of sp³-hybridized carbons (Fsp3) is 0.0714. The molecule has 1 atom stereocenters. The predicted octanol–water partition coefficient (Wildman–Crippen LogP) is 3.96. The van der Waals surface area contributed by atoms with Crippen molar-refractivity contribution in [3.63, 3.8) is 0 Å². The van der Waals surface area contributed by atoms with Gasteiger partial charge in [0.2, 0.25) is 11.3 Å². The highest BCUT2D eigenvalue weighted by Crippen LogP contribution is 2.26. The van der Waals surface area contributed by atoms with Crippen LogP contribution in [0.4, 0.5) is 4.39 Å². The molecule has 17 heavy (non-hydrogen) atoms. The smallest absolute Gasteiger partial charge is 0.213 e. The molecule has 0 aliphatic rings. The molecule has 0 saturated carbocycles. The zero-order chi connectivity index (χ0) is 12.1. The van der Waals surface area contributed by atoms with E-state index in [4.69, 9.17) is 0 Å². The summed E-state index contributed by atoms with van der Waals surface area (Å²) in [5.41, 5.74) is -1.15. The first kappa shape index (κ1) is 11.9. The van der Waals surface area contributed by atoms with E-state index in [-0.39, 0.29) is 0 Å². The number of carbonyl (C=O) groups is 1. The lowest BCUT2D eigenvalue weighted by Crippen LogP contribution is -2.11. The third-order valence-corrected chi connectivity index (χ3v) is 3.21. The minimum Gasteiger partial charge on any atom is -0.290 e. The van der Waals surface area contributed by atoms with Gasteiger partial charge in [0.25, 0.3) is 0 Å². The lowest BCUT2D eigenvalue weighted by atomic mass is 10.1. The number of hydrogen-bond donors (Lipinski definition) is 0. The van der Waals surface area contributed by atoms with E-state index in [1.807, 2.05) is 18.2 Å². The molecule has 0 spiro atoms. The number of alkyl halides is 1. The molecular weight excluding hydrogens is 235 g/mol. The molecular formula is C14H11FOS. The maximum Gasteiger partial charge on any atom is 0.213 e. The van der Waals surface area contributed by atoms with Gasteiger partial charge in [-0.2, -0.15) is 0 Å². The van der Waals surface area contributed by atoms with Gasteiger partial charge in [-0.3, -0.25) is 4.79 Å². The number of rotatable bonds is 4. The molecule has 2 rings (SSSR count). The molecule has 0 fully saturated rings. The van der Waals surface area contributed by atoms with E-state index in [1.54, 1.807) is 42.5 Å². The summed E-state index contributed by atoms with van der Waals surface area (Å²) < 4.78 is 13.8. The van der Waals surface area contributed by atoms with Gasteiger partial charge in [0, 0.05) is 10.5 Å². The van der Waals surface area contributed by atoms with Crippen molar-refractivity contribution < 1.29 is 9.18 Å². The van der Waals surface area contributed by atoms with E-state index in [0.29, 0.717) is 5.56 Å². The molecule has 0 saturated heterocycles. The summed E-state index contributed by atoms with van der Waals surface area (Å²) in [6, 6.07) is 17.6. The third-order valence-electron chi connectivity index (χ3n) is 2.25. The van der Waals surface area contributed by atoms with E-state index in [1.165, 1.54) is 0 Å². The minimum atomic E-state index is -1.56. The number of hydrogen-bond acceptors (Lipinski definition) is 2. The lowest BCUT2D eigenvalue weighted by molar-refractivity contribution is 0.0939. The number of halogens is 1. The van der Waals surface area contributed by atoms with Crippen molar-refractivity contribution in [2.75, 3.05) is 0 Å². The van der Waals surface area contributed by atoms with Crippen LogP contribution in [0.15, 0.2) is 65.6 Å². The van der Waals surface area contributed by atoms with Crippen LogP contribution in [0, 0.1) is 0 Å². The molecule has 0 bridgehead atoms. The number of carbonyl (C=O) groups excluding carboxylic acids is 1. The summed E-state index contributed by atoms with van der Waals surface area (Å²) in [7, 11) is 0. The fourth-order valence-corrected chi connectivity index (χ4v) is 2.20. The highest BCUT2D eigenvalue weighted by Gasteiger charge is 2.19. The Balaban J connectivity index is 2.06. The van der Waals surface area contributed by atoms with Gasteiger partial charge in [-0.25, -0.2) is 4.39 Å². The van der Waals surface area contributed by atoms with Crippen molar-refractivity contribution in [3.05, 3.63) is 66.2 Å². The van der Waals surface area contributed by atoms with Gasteiger partial charge in [0.05, 0.1) is 0 Å². The van der Waals surface area contributed by atoms with E-state index in [0.717, 1.165) is 16.7 Å². The average Bonchev–Trinajstić information content (AvgIpc) is 2.40. The molecule has 1 unspecified atom stereocenters. The molecule has 0 aliphatic heterocycles. The van der Waals surface area contributed by atoms with Crippen LogP contribution in [0.3, 0.4) is 0 Å². The fourth-order valence-electron chi connectivity index (χ4n) is 1.41.